The van der Waals surface area contributed by atoms with Crippen molar-refractivity contribution in [3.8, 4) is 0 Å². The van der Waals surface area contributed by atoms with Crippen LogP contribution in [-0.4, -0.2) is 73.4 Å². The van der Waals surface area contributed by atoms with Crippen LogP contribution in [0.5, 0.6) is 0 Å². The third-order valence-electron chi connectivity index (χ3n) is 13.9. The van der Waals surface area contributed by atoms with Gasteiger partial charge in [0, 0.05) is 6.42 Å². The lowest BCUT2D eigenvalue weighted by atomic mass is 10.0. The molecule has 0 saturated heterocycles. The number of nitrogens with zero attached hydrogens (tertiary/aromatic N) is 1. The third-order valence-corrected chi connectivity index (χ3v) is 14.9. The van der Waals surface area contributed by atoms with Crippen molar-refractivity contribution in [2.75, 3.05) is 40.9 Å². The Morgan fingerprint density at radius 1 is 0.486 bits per heavy atom. The van der Waals surface area contributed by atoms with Crippen LogP contribution in [0.25, 0.3) is 0 Å². The van der Waals surface area contributed by atoms with Gasteiger partial charge in [-0.3, -0.25) is 13.8 Å². The average Bonchev–Trinajstić information content (AvgIpc) is 3.32. The highest BCUT2D eigenvalue weighted by Gasteiger charge is 2.28. The Labute approximate surface area is 436 Å². The molecule has 3 unspecified atom stereocenters. The minimum atomic E-state index is -4.31. The van der Waals surface area contributed by atoms with Gasteiger partial charge in [0.25, 0.3) is 0 Å². The Bertz CT molecular complexity index is 1230. The van der Waals surface area contributed by atoms with Crippen LogP contribution in [0.15, 0.2) is 36.5 Å². The van der Waals surface area contributed by atoms with Crippen LogP contribution >= 0.6 is 7.82 Å². The first-order valence-electron chi connectivity index (χ1n) is 30.4. The summed E-state index contributed by atoms with van der Waals surface area (Å²) in [7, 11) is 1.63. The van der Waals surface area contributed by atoms with Crippen LogP contribution in [0, 0.1) is 0 Å². The zero-order valence-corrected chi connectivity index (χ0v) is 48.2. The molecule has 0 aliphatic heterocycles. The van der Waals surface area contributed by atoms with E-state index in [9.17, 15) is 19.4 Å². The molecule has 0 bridgehead atoms. The summed E-state index contributed by atoms with van der Waals surface area (Å²) in [4.78, 5) is 23.3. The molecule has 0 saturated carbocycles. The first-order valence-corrected chi connectivity index (χ1v) is 31.8. The summed E-state index contributed by atoms with van der Waals surface area (Å²) >= 11 is 0. The lowest BCUT2D eigenvalue weighted by Gasteiger charge is -2.26. The summed E-state index contributed by atoms with van der Waals surface area (Å²) in [5.41, 5.74) is 0. The number of aliphatic hydroxyl groups excluding tert-OH is 1. The highest BCUT2D eigenvalue weighted by molar-refractivity contribution is 7.47. The van der Waals surface area contributed by atoms with Crippen molar-refractivity contribution < 1.29 is 32.9 Å². The largest absolute Gasteiger partial charge is 0.472 e. The summed E-state index contributed by atoms with van der Waals surface area (Å²) in [6, 6.07) is -0.757. The summed E-state index contributed by atoms with van der Waals surface area (Å²) < 4.78 is 23.7. The van der Waals surface area contributed by atoms with E-state index < -0.39 is 20.0 Å². The highest BCUT2D eigenvalue weighted by atomic mass is 31.2. The maximum Gasteiger partial charge on any atom is 0.472 e. The number of likely N-dealkylation sites (N-methyl/N-ethyl adjacent to an activating group) is 1. The molecule has 70 heavy (non-hydrogen) atoms. The number of rotatable bonds is 56. The van der Waals surface area contributed by atoms with E-state index >= 15 is 0 Å². The van der Waals surface area contributed by atoms with Crippen LogP contribution in [-0.2, 0) is 18.4 Å². The van der Waals surface area contributed by atoms with Crippen molar-refractivity contribution >= 4 is 13.7 Å². The van der Waals surface area contributed by atoms with Gasteiger partial charge in [-0.05, 0) is 51.4 Å². The number of amides is 1. The van der Waals surface area contributed by atoms with E-state index in [1.807, 2.05) is 21.1 Å². The SMILES string of the molecule is CCCCCCC/C=C\C/C=C\C/C=C\CCCCCCCCCCCCCCCCCCCCCCCCC(=O)NC(COP(=O)(O)OCC[N+](C)(C)C)C(O)CCCCCCCCCCCCC. The van der Waals surface area contributed by atoms with E-state index in [1.165, 1.54) is 218 Å². The lowest BCUT2D eigenvalue weighted by Crippen LogP contribution is -2.46. The van der Waals surface area contributed by atoms with Gasteiger partial charge in [-0.25, -0.2) is 4.57 Å². The number of carbonyl (C=O) groups excluding carboxylic acids is 1. The van der Waals surface area contributed by atoms with Crippen LogP contribution in [0.2, 0.25) is 0 Å². The van der Waals surface area contributed by atoms with Gasteiger partial charge >= 0.3 is 7.82 Å². The molecule has 414 valence electrons. The number of phosphoric acid groups is 1. The van der Waals surface area contributed by atoms with Crippen molar-refractivity contribution in [3.63, 3.8) is 0 Å². The van der Waals surface area contributed by atoms with Gasteiger partial charge < -0.3 is 19.8 Å². The van der Waals surface area contributed by atoms with E-state index in [1.54, 1.807) is 0 Å². The number of phosphoric ester groups is 1. The second-order valence-corrected chi connectivity index (χ2v) is 23.5. The molecule has 0 aliphatic rings. The number of carbonyl (C=O) groups is 1. The topological polar surface area (TPSA) is 105 Å². The maximum atomic E-state index is 13.0. The van der Waals surface area contributed by atoms with Crippen molar-refractivity contribution in [2.24, 2.45) is 0 Å². The molecule has 3 atom stereocenters. The predicted molar refractivity (Wildman–Crippen MR) is 304 cm³/mol. The van der Waals surface area contributed by atoms with Gasteiger partial charge in [0.15, 0.2) is 0 Å². The fourth-order valence-electron chi connectivity index (χ4n) is 9.12. The number of nitrogens with one attached hydrogen (secondary N) is 1. The molecular weight excluding hydrogens is 888 g/mol. The predicted octanol–water partition coefficient (Wildman–Crippen LogP) is 18.5. The van der Waals surface area contributed by atoms with E-state index in [2.05, 4.69) is 55.6 Å². The minimum Gasteiger partial charge on any atom is -0.391 e. The third kappa shape index (κ3) is 54.5. The summed E-state index contributed by atoms with van der Waals surface area (Å²) in [6.45, 7) is 4.89. The van der Waals surface area contributed by atoms with Crippen molar-refractivity contribution in [3.05, 3.63) is 36.5 Å². The minimum absolute atomic E-state index is 0.0765. The quantitative estimate of drug-likeness (QED) is 0.0243. The number of unbranched alkanes of at least 4 members (excludes halogenated alkanes) is 37. The van der Waals surface area contributed by atoms with Crippen LogP contribution < -0.4 is 5.32 Å². The Balaban J connectivity index is 3.86. The highest BCUT2D eigenvalue weighted by Crippen LogP contribution is 2.43. The zero-order chi connectivity index (χ0) is 51.3. The number of allylic oxidation sites excluding steroid dienone is 6. The summed E-state index contributed by atoms with van der Waals surface area (Å²) in [5, 5.41) is 14.0. The van der Waals surface area contributed by atoms with Gasteiger partial charge in [-0.1, -0.05) is 275 Å². The zero-order valence-electron chi connectivity index (χ0n) is 47.3. The number of aliphatic hydroxyl groups is 1. The van der Waals surface area contributed by atoms with Crippen molar-refractivity contribution in [2.45, 2.75) is 309 Å². The van der Waals surface area contributed by atoms with Crippen molar-refractivity contribution in [1.82, 2.24) is 5.32 Å². The van der Waals surface area contributed by atoms with E-state index in [4.69, 9.17) is 9.05 Å². The number of quaternary nitrogens is 1. The molecule has 9 heteroatoms. The molecule has 8 nitrogen and oxygen atoms in total. The standard InChI is InChI=1S/C61H119N2O6P/c1-6-8-10-12-14-16-18-19-20-21-22-23-24-25-26-27-28-29-30-31-32-33-34-35-36-37-38-39-40-41-42-43-45-47-49-51-53-55-61(65)62-59(58-69-70(66,67)68-57-56-63(3,4)5)60(64)54-52-50-48-46-44-17-15-13-11-9-7-2/h18-19,21-22,24-25,59-60,64H,6-17,20,23,26-58H2,1-5H3,(H-,62,65,66,67)/p+1/b19-18-,22-21-,25-24-. The molecule has 0 radical (unpaired) electrons. The van der Waals surface area contributed by atoms with Gasteiger partial charge in [-0.15, -0.1) is 0 Å². The Morgan fingerprint density at radius 3 is 1.19 bits per heavy atom. The second kappa shape index (κ2) is 52.6. The fourth-order valence-corrected chi connectivity index (χ4v) is 9.85. The maximum absolute atomic E-state index is 13.0. The average molecular weight is 1010 g/mol. The van der Waals surface area contributed by atoms with E-state index in [0.29, 0.717) is 23.9 Å². The van der Waals surface area contributed by atoms with Gasteiger partial charge in [0.1, 0.15) is 13.2 Å². The molecule has 1 amide bonds. The molecule has 0 aromatic rings. The molecular formula is C61H120N2O6P+. The molecule has 0 aliphatic carbocycles. The van der Waals surface area contributed by atoms with Crippen LogP contribution in [0.1, 0.15) is 296 Å². The van der Waals surface area contributed by atoms with E-state index in [-0.39, 0.29) is 19.1 Å². The smallest absolute Gasteiger partial charge is 0.391 e. The van der Waals surface area contributed by atoms with E-state index in [0.717, 1.165) is 51.4 Å². The molecule has 0 aromatic carbocycles. The van der Waals surface area contributed by atoms with Crippen LogP contribution in [0.3, 0.4) is 0 Å². The molecule has 0 fully saturated rings. The van der Waals surface area contributed by atoms with Gasteiger partial charge in [0.05, 0.1) is 39.9 Å². The first kappa shape index (κ1) is 68.7. The Kier molecular flexibility index (Phi) is 51.6. The lowest BCUT2D eigenvalue weighted by molar-refractivity contribution is -0.870. The van der Waals surface area contributed by atoms with Gasteiger partial charge in [-0.2, -0.15) is 0 Å². The molecule has 0 spiro atoms. The van der Waals surface area contributed by atoms with Crippen molar-refractivity contribution in [1.29, 1.82) is 0 Å². The number of hydrogen-bond acceptors (Lipinski definition) is 5. The summed E-state index contributed by atoms with van der Waals surface area (Å²) in [5.74, 6) is -0.141. The first-order chi connectivity index (χ1) is 34.0. The Morgan fingerprint density at radius 2 is 0.814 bits per heavy atom. The normalized spacial score (nSPS) is 14.1. The molecule has 0 heterocycles. The van der Waals surface area contributed by atoms with Gasteiger partial charge in [0.2, 0.25) is 5.91 Å². The molecule has 0 rings (SSSR count). The molecule has 3 N–H and O–H groups in total. The molecule has 0 aromatic heterocycles. The monoisotopic (exact) mass is 1010 g/mol. The summed E-state index contributed by atoms with van der Waals surface area (Å²) in [6.07, 6.45) is 68.0. The Hall–Kier alpha value is -1.28. The van der Waals surface area contributed by atoms with Crippen LogP contribution in [0.4, 0.5) is 0 Å². The number of hydrogen-bond donors (Lipinski definition) is 3. The fraction of sp³-hybridized carbons (Fsp3) is 0.885. The second-order valence-electron chi connectivity index (χ2n) is 22.1.